The number of benzene rings is 1. The number of piperidine rings is 1. The number of hydrogen-bond donors (Lipinski definition) is 2. The minimum Gasteiger partial charge on any atom is -0.393 e. The molecule has 1 saturated heterocycles. The highest BCUT2D eigenvalue weighted by atomic mass is 32.2. The molecule has 118 valence electrons. The molecule has 3 N–H and O–H groups in total. The minimum atomic E-state index is -3.42. The van der Waals surface area contributed by atoms with Crippen LogP contribution < -0.4 is 5.73 Å². The maximum Gasteiger partial charge on any atom is 0.243 e. The van der Waals surface area contributed by atoms with Crippen LogP contribution in [0.15, 0.2) is 29.2 Å². The van der Waals surface area contributed by atoms with Crippen LogP contribution >= 0.6 is 0 Å². The smallest absolute Gasteiger partial charge is 0.243 e. The Balaban J connectivity index is 2.08. The highest BCUT2D eigenvalue weighted by Gasteiger charge is 2.30. The molecule has 0 amide bonds. The van der Waals surface area contributed by atoms with Gasteiger partial charge in [-0.1, -0.05) is 12.1 Å². The van der Waals surface area contributed by atoms with Crippen LogP contribution in [0.5, 0.6) is 0 Å². The Morgan fingerprint density at radius 2 is 1.86 bits per heavy atom. The van der Waals surface area contributed by atoms with E-state index in [4.69, 9.17) is 5.73 Å². The molecule has 1 aromatic carbocycles. The summed E-state index contributed by atoms with van der Waals surface area (Å²) >= 11 is 0. The molecule has 1 atom stereocenters. The van der Waals surface area contributed by atoms with E-state index in [0.717, 1.165) is 12.0 Å². The van der Waals surface area contributed by atoms with Crippen molar-refractivity contribution in [3.63, 3.8) is 0 Å². The van der Waals surface area contributed by atoms with Gasteiger partial charge in [0.1, 0.15) is 0 Å². The van der Waals surface area contributed by atoms with Crippen molar-refractivity contribution in [3.8, 4) is 0 Å². The highest BCUT2D eigenvalue weighted by molar-refractivity contribution is 7.89. The Morgan fingerprint density at radius 1 is 1.29 bits per heavy atom. The summed E-state index contributed by atoms with van der Waals surface area (Å²) in [5.41, 5.74) is 6.54. The molecule has 1 heterocycles. The fraction of sp³-hybridized carbons (Fsp3) is 0.600. The van der Waals surface area contributed by atoms with E-state index in [-0.39, 0.29) is 12.0 Å². The van der Waals surface area contributed by atoms with E-state index in [1.54, 1.807) is 19.1 Å². The van der Waals surface area contributed by atoms with Crippen molar-refractivity contribution in [3.05, 3.63) is 29.8 Å². The number of nitrogens with two attached hydrogens (primary N) is 1. The maximum absolute atomic E-state index is 12.6. The van der Waals surface area contributed by atoms with E-state index < -0.39 is 10.0 Å². The average Bonchev–Trinajstić information content (AvgIpc) is 2.48. The van der Waals surface area contributed by atoms with Gasteiger partial charge in [0.2, 0.25) is 10.0 Å². The predicted molar refractivity (Wildman–Crippen MR) is 82.4 cm³/mol. The van der Waals surface area contributed by atoms with Crippen LogP contribution in [-0.2, 0) is 16.4 Å². The lowest BCUT2D eigenvalue weighted by Crippen LogP contribution is -2.40. The molecule has 0 radical (unpaired) electrons. The monoisotopic (exact) mass is 312 g/mol. The number of sulfonamides is 1. The summed E-state index contributed by atoms with van der Waals surface area (Å²) in [5.74, 6) is 0.198. The summed E-state index contributed by atoms with van der Waals surface area (Å²) in [7, 11) is -3.42. The summed E-state index contributed by atoms with van der Waals surface area (Å²) < 4.78 is 26.7. The first-order valence-corrected chi connectivity index (χ1v) is 8.86. The topological polar surface area (TPSA) is 83.6 Å². The van der Waals surface area contributed by atoms with E-state index in [2.05, 4.69) is 0 Å². The zero-order valence-electron chi connectivity index (χ0n) is 12.4. The van der Waals surface area contributed by atoms with Gasteiger partial charge in [-0.2, -0.15) is 4.31 Å². The molecule has 0 aromatic heterocycles. The van der Waals surface area contributed by atoms with Gasteiger partial charge in [-0.05, 0) is 56.3 Å². The van der Waals surface area contributed by atoms with Crippen LogP contribution in [0.1, 0.15) is 25.3 Å². The van der Waals surface area contributed by atoms with Crippen molar-refractivity contribution in [1.29, 1.82) is 0 Å². The summed E-state index contributed by atoms with van der Waals surface area (Å²) in [6, 6.07) is 6.95. The molecule has 6 heteroatoms. The molecule has 1 aliphatic heterocycles. The third-order valence-electron chi connectivity index (χ3n) is 4.17. The largest absolute Gasteiger partial charge is 0.393 e. The molecular formula is C15H24N2O3S. The summed E-state index contributed by atoms with van der Waals surface area (Å²) in [6.07, 6.45) is 1.80. The van der Waals surface area contributed by atoms with Gasteiger partial charge in [0, 0.05) is 13.1 Å². The average molecular weight is 312 g/mol. The van der Waals surface area contributed by atoms with E-state index in [1.165, 1.54) is 4.31 Å². The van der Waals surface area contributed by atoms with Crippen molar-refractivity contribution in [2.75, 3.05) is 19.6 Å². The molecule has 1 unspecified atom stereocenters. The first-order valence-electron chi connectivity index (χ1n) is 7.42. The van der Waals surface area contributed by atoms with Gasteiger partial charge < -0.3 is 10.8 Å². The van der Waals surface area contributed by atoms with Gasteiger partial charge in [0.15, 0.2) is 0 Å². The number of rotatable bonds is 5. The molecule has 1 fully saturated rings. The van der Waals surface area contributed by atoms with Gasteiger partial charge in [0.05, 0.1) is 11.0 Å². The Bertz CT molecular complexity index is 547. The van der Waals surface area contributed by atoms with Crippen molar-refractivity contribution in [2.45, 2.75) is 37.2 Å². The predicted octanol–water partition coefficient (Wildman–Crippen LogP) is 0.969. The molecule has 0 bridgehead atoms. The summed E-state index contributed by atoms with van der Waals surface area (Å²) in [6.45, 7) is 3.27. The maximum atomic E-state index is 12.6. The van der Waals surface area contributed by atoms with Crippen molar-refractivity contribution < 1.29 is 13.5 Å². The third kappa shape index (κ3) is 3.83. The van der Waals surface area contributed by atoms with E-state index in [9.17, 15) is 13.5 Å². The van der Waals surface area contributed by atoms with Crippen LogP contribution in [-0.4, -0.2) is 43.6 Å². The molecule has 2 rings (SSSR count). The lowest BCUT2D eigenvalue weighted by Gasteiger charge is -2.32. The molecule has 5 nitrogen and oxygen atoms in total. The van der Waals surface area contributed by atoms with E-state index in [0.29, 0.717) is 37.4 Å². The van der Waals surface area contributed by atoms with E-state index >= 15 is 0 Å². The number of hydrogen-bond acceptors (Lipinski definition) is 4. The minimum absolute atomic E-state index is 0.198. The zero-order valence-corrected chi connectivity index (χ0v) is 13.2. The highest BCUT2D eigenvalue weighted by Crippen LogP contribution is 2.25. The first kappa shape index (κ1) is 16.4. The Labute approximate surface area is 126 Å². The molecule has 0 saturated carbocycles. The standard InChI is InChI=1S/C15H24N2O3S/c1-12(18)14-7-10-17(11-8-14)21(19,20)15-4-2-13(3-5-15)6-9-16/h2-5,12,14,18H,6-11,16H2,1H3. The van der Waals surface area contributed by atoms with Gasteiger partial charge in [-0.3, -0.25) is 0 Å². The third-order valence-corrected chi connectivity index (χ3v) is 6.09. The fourth-order valence-electron chi connectivity index (χ4n) is 2.74. The van der Waals surface area contributed by atoms with Crippen LogP contribution in [0.25, 0.3) is 0 Å². The number of aliphatic hydroxyl groups excluding tert-OH is 1. The van der Waals surface area contributed by atoms with Crippen LogP contribution in [0.3, 0.4) is 0 Å². The van der Waals surface area contributed by atoms with Gasteiger partial charge in [-0.25, -0.2) is 8.42 Å². The second-order valence-corrected chi connectivity index (χ2v) is 7.60. The number of aliphatic hydroxyl groups is 1. The van der Waals surface area contributed by atoms with Crippen molar-refractivity contribution in [2.24, 2.45) is 11.7 Å². The van der Waals surface area contributed by atoms with Gasteiger partial charge in [-0.15, -0.1) is 0 Å². The second kappa shape index (κ2) is 6.87. The van der Waals surface area contributed by atoms with Crippen LogP contribution in [0.2, 0.25) is 0 Å². The molecule has 21 heavy (non-hydrogen) atoms. The Hall–Kier alpha value is -0.950. The normalized spacial score (nSPS) is 19.6. The molecule has 0 aliphatic carbocycles. The quantitative estimate of drug-likeness (QED) is 0.848. The van der Waals surface area contributed by atoms with Crippen molar-refractivity contribution >= 4 is 10.0 Å². The van der Waals surface area contributed by atoms with Crippen LogP contribution in [0, 0.1) is 5.92 Å². The lowest BCUT2D eigenvalue weighted by atomic mass is 9.93. The summed E-state index contributed by atoms with van der Waals surface area (Å²) in [5, 5.41) is 9.59. The SMILES string of the molecule is CC(O)C1CCN(S(=O)(=O)c2ccc(CCN)cc2)CC1. The molecular weight excluding hydrogens is 288 g/mol. The fourth-order valence-corrected chi connectivity index (χ4v) is 4.21. The first-order chi connectivity index (χ1) is 9.95. The van der Waals surface area contributed by atoms with Crippen LogP contribution in [0.4, 0.5) is 0 Å². The summed E-state index contributed by atoms with van der Waals surface area (Å²) in [4.78, 5) is 0.332. The molecule has 0 spiro atoms. The molecule has 1 aromatic rings. The number of nitrogens with zero attached hydrogens (tertiary/aromatic N) is 1. The van der Waals surface area contributed by atoms with Gasteiger partial charge >= 0.3 is 0 Å². The lowest BCUT2D eigenvalue weighted by molar-refractivity contribution is 0.0912. The zero-order chi connectivity index (χ0) is 15.5. The second-order valence-electron chi connectivity index (χ2n) is 5.66. The van der Waals surface area contributed by atoms with Gasteiger partial charge in [0.25, 0.3) is 0 Å². The van der Waals surface area contributed by atoms with E-state index in [1.807, 2.05) is 12.1 Å². The molecule has 1 aliphatic rings. The Kier molecular flexibility index (Phi) is 5.37. The van der Waals surface area contributed by atoms with Crippen molar-refractivity contribution in [1.82, 2.24) is 4.31 Å². The Morgan fingerprint density at radius 3 is 2.33 bits per heavy atom.